The van der Waals surface area contributed by atoms with Crippen molar-refractivity contribution in [3.8, 4) is 0 Å². The van der Waals surface area contributed by atoms with Crippen molar-refractivity contribution in [2.75, 3.05) is 23.7 Å². The third kappa shape index (κ3) is 2.56. The normalized spacial score (nSPS) is 25.1. The SMILES string of the molecule is Cc1cc(N)c(N2CC(C)CC(C)C2)cc1C. The van der Waals surface area contributed by atoms with Gasteiger partial charge in [-0.1, -0.05) is 13.8 Å². The van der Waals surface area contributed by atoms with Crippen LogP contribution >= 0.6 is 0 Å². The first-order valence-corrected chi connectivity index (χ1v) is 6.59. The smallest absolute Gasteiger partial charge is 0.0602 e. The maximum Gasteiger partial charge on any atom is 0.0602 e. The summed E-state index contributed by atoms with van der Waals surface area (Å²) in [6.45, 7) is 11.2. The second-order valence-electron chi connectivity index (χ2n) is 5.85. The van der Waals surface area contributed by atoms with Crippen LogP contribution in [0.4, 0.5) is 11.4 Å². The first-order valence-electron chi connectivity index (χ1n) is 6.59. The molecule has 0 bridgehead atoms. The number of hydrogen-bond acceptors (Lipinski definition) is 2. The molecule has 0 radical (unpaired) electrons. The number of nitrogen functional groups attached to an aromatic ring is 1. The maximum absolute atomic E-state index is 6.17. The lowest BCUT2D eigenvalue weighted by Crippen LogP contribution is -2.39. The fourth-order valence-corrected chi connectivity index (χ4v) is 2.96. The zero-order valence-corrected chi connectivity index (χ0v) is 11.5. The number of aryl methyl sites for hydroxylation is 2. The van der Waals surface area contributed by atoms with Crippen LogP contribution in [0.5, 0.6) is 0 Å². The Morgan fingerprint density at radius 3 is 2.18 bits per heavy atom. The summed E-state index contributed by atoms with van der Waals surface area (Å²) < 4.78 is 0. The zero-order valence-electron chi connectivity index (χ0n) is 11.5. The van der Waals surface area contributed by atoms with Crippen LogP contribution in [0.1, 0.15) is 31.4 Å². The quantitative estimate of drug-likeness (QED) is 0.752. The molecule has 1 aliphatic rings. The standard InChI is InChI=1S/C15H24N2/c1-10-5-11(2)9-17(8-10)15-7-13(4)12(3)6-14(15)16/h6-7,10-11H,5,8-9,16H2,1-4H3. The molecule has 1 saturated heterocycles. The molecular formula is C15H24N2. The average Bonchev–Trinajstić information content (AvgIpc) is 2.22. The van der Waals surface area contributed by atoms with Crippen LogP contribution in [-0.2, 0) is 0 Å². The Hall–Kier alpha value is -1.18. The Morgan fingerprint density at radius 2 is 1.59 bits per heavy atom. The van der Waals surface area contributed by atoms with Crippen LogP contribution in [-0.4, -0.2) is 13.1 Å². The summed E-state index contributed by atoms with van der Waals surface area (Å²) in [4.78, 5) is 2.46. The summed E-state index contributed by atoms with van der Waals surface area (Å²) in [7, 11) is 0. The second-order valence-corrected chi connectivity index (χ2v) is 5.85. The number of rotatable bonds is 1. The fraction of sp³-hybridized carbons (Fsp3) is 0.600. The second kappa shape index (κ2) is 4.59. The number of nitrogens with two attached hydrogens (primary N) is 1. The van der Waals surface area contributed by atoms with E-state index in [1.165, 1.54) is 23.2 Å². The van der Waals surface area contributed by atoms with Crippen LogP contribution in [0.2, 0.25) is 0 Å². The van der Waals surface area contributed by atoms with Gasteiger partial charge in [0.2, 0.25) is 0 Å². The molecule has 2 rings (SSSR count). The highest BCUT2D eigenvalue weighted by atomic mass is 15.1. The Morgan fingerprint density at radius 1 is 1.06 bits per heavy atom. The Kier molecular flexibility index (Phi) is 3.32. The molecule has 94 valence electrons. The molecule has 1 aromatic rings. The molecule has 2 nitrogen and oxygen atoms in total. The van der Waals surface area contributed by atoms with Crippen LogP contribution in [0, 0.1) is 25.7 Å². The lowest BCUT2D eigenvalue weighted by Gasteiger charge is -2.37. The van der Waals surface area contributed by atoms with Crippen molar-refractivity contribution in [1.29, 1.82) is 0 Å². The van der Waals surface area contributed by atoms with E-state index in [2.05, 4.69) is 44.7 Å². The maximum atomic E-state index is 6.17. The molecule has 0 spiro atoms. The lowest BCUT2D eigenvalue weighted by atomic mass is 9.91. The van der Waals surface area contributed by atoms with Crippen molar-refractivity contribution >= 4 is 11.4 Å². The van der Waals surface area contributed by atoms with Gasteiger partial charge in [0.1, 0.15) is 0 Å². The lowest BCUT2D eigenvalue weighted by molar-refractivity contribution is 0.357. The van der Waals surface area contributed by atoms with E-state index in [9.17, 15) is 0 Å². The molecule has 2 N–H and O–H groups in total. The van der Waals surface area contributed by atoms with Gasteiger partial charge in [0.25, 0.3) is 0 Å². The third-order valence-electron chi connectivity index (χ3n) is 3.85. The van der Waals surface area contributed by atoms with Crippen LogP contribution in [0.15, 0.2) is 12.1 Å². The highest BCUT2D eigenvalue weighted by Crippen LogP contribution is 2.32. The van der Waals surface area contributed by atoms with Crippen LogP contribution in [0.25, 0.3) is 0 Å². The monoisotopic (exact) mass is 232 g/mol. The van der Waals surface area contributed by atoms with Crippen LogP contribution in [0.3, 0.4) is 0 Å². The Labute approximate surface area is 105 Å². The predicted molar refractivity (Wildman–Crippen MR) is 75.5 cm³/mol. The van der Waals surface area contributed by atoms with E-state index < -0.39 is 0 Å². The number of anilines is 2. The number of piperidine rings is 1. The molecule has 2 unspecified atom stereocenters. The van der Waals surface area contributed by atoms with E-state index in [1.807, 2.05) is 0 Å². The summed E-state index contributed by atoms with van der Waals surface area (Å²) in [6, 6.07) is 4.35. The van der Waals surface area contributed by atoms with Crippen molar-refractivity contribution in [1.82, 2.24) is 0 Å². The number of nitrogens with zero attached hydrogens (tertiary/aromatic N) is 1. The first-order chi connectivity index (χ1) is 7.97. The molecule has 0 aliphatic carbocycles. The summed E-state index contributed by atoms with van der Waals surface area (Å²) in [5.74, 6) is 1.53. The third-order valence-corrected chi connectivity index (χ3v) is 3.85. The van der Waals surface area contributed by atoms with Crippen molar-refractivity contribution < 1.29 is 0 Å². The minimum atomic E-state index is 0.764. The van der Waals surface area contributed by atoms with E-state index in [0.29, 0.717) is 0 Å². The van der Waals surface area contributed by atoms with Gasteiger partial charge >= 0.3 is 0 Å². The Balaban J connectivity index is 2.30. The molecule has 2 atom stereocenters. The molecule has 1 aromatic carbocycles. The van der Waals surface area contributed by atoms with E-state index in [0.717, 1.165) is 30.6 Å². The van der Waals surface area contributed by atoms with Crippen molar-refractivity contribution in [3.05, 3.63) is 23.3 Å². The molecular weight excluding hydrogens is 208 g/mol. The molecule has 0 amide bonds. The number of benzene rings is 1. The molecule has 0 aromatic heterocycles. The molecule has 2 heteroatoms. The molecule has 0 saturated carbocycles. The molecule has 1 fully saturated rings. The van der Waals surface area contributed by atoms with Gasteiger partial charge in [-0.15, -0.1) is 0 Å². The highest BCUT2D eigenvalue weighted by Gasteiger charge is 2.23. The van der Waals surface area contributed by atoms with E-state index >= 15 is 0 Å². The van der Waals surface area contributed by atoms with E-state index in [4.69, 9.17) is 5.73 Å². The minimum absolute atomic E-state index is 0.764. The highest BCUT2D eigenvalue weighted by molar-refractivity contribution is 5.70. The summed E-state index contributed by atoms with van der Waals surface area (Å²) >= 11 is 0. The Bertz CT molecular complexity index is 402. The predicted octanol–water partition coefficient (Wildman–Crippen LogP) is 3.37. The molecule has 17 heavy (non-hydrogen) atoms. The first kappa shape index (κ1) is 12.3. The van der Waals surface area contributed by atoms with Gasteiger partial charge in [0.15, 0.2) is 0 Å². The summed E-state index contributed by atoms with van der Waals surface area (Å²) in [5.41, 5.74) is 10.9. The zero-order chi connectivity index (χ0) is 12.6. The number of hydrogen-bond donors (Lipinski definition) is 1. The van der Waals surface area contributed by atoms with Gasteiger partial charge in [0, 0.05) is 13.1 Å². The topological polar surface area (TPSA) is 29.3 Å². The average molecular weight is 232 g/mol. The van der Waals surface area contributed by atoms with Crippen molar-refractivity contribution in [2.45, 2.75) is 34.1 Å². The van der Waals surface area contributed by atoms with Gasteiger partial charge < -0.3 is 10.6 Å². The largest absolute Gasteiger partial charge is 0.397 e. The summed E-state index contributed by atoms with van der Waals surface area (Å²) in [5, 5.41) is 0. The fourth-order valence-electron chi connectivity index (χ4n) is 2.96. The van der Waals surface area contributed by atoms with Crippen LogP contribution < -0.4 is 10.6 Å². The van der Waals surface area contributed by atoms with Gasteiger partial charge in [0.05, 0.1) is 11.4 Å². The van der Waals surface area contributed by atoms with Gasteiger partial charge in [-0.3, -0.25) is 0 Å². The van der Waals surface area contributed by atoms with Gasteiger partial charge in [-0.25, -0.2) is 0 Å². The van der Waals surface area contributed by atoms with Crippen molar-refractivity contribution in [3.63, 3.8) is 0 Å². The van der Waals surface area contributed by atoms with Gasteiger partial charge in [-0.2, -0.15) is 0 Å². The molecule has 1 aliphatic heterocycles. The summed E-state index contributed by atoms with van der Waals surface area (Å²) in [6.07, 6.45) is 1.33. The van der Waals surface area contributed by atoms with E-state index in [-0.39, 0.29) is 0 Å². The minimum Gasteiger partial charge on any atom is -0.397 e. The van der Waals surface area contributed by atoms with E-state index in [1.54, 1.807) is 0 Å². The molecule has 1 heterocycles. The van der Waals surface area contributed by atoms with Crippen molar-refractivity contribution in [2.24, 2.45) is 11.8 Å². The van der Waals surface area contributed by atoms with Gasteiger partial charge in [-0.05, 0) is 55.4 Å².